The summed E-state index contributed by atoms with van der Waals surface area (Å²) < 4.78 is 5.63. The van der Waals surface area contributed by atoms with E-state index in [1.165, 1.54) is 0 Å². The smallest absolute Gasteiger partial charge is 0.320 e. The fraction of sp³-hybridized carbons (Fsp3) is 0.429. The summed E-state index contributed by atoms with van der Waals surface area (Å²) in [6, 6.07) is 13.8. The van der Waals surface area contributed by atoms with Crippen LogP contribution in [-0.2, 0) is 4.74 Å². The molecular weight excluding hydrogens is 326 g/mol. The van der Waals surface area contributed by atoms with Gasteiger partial charge in [-0.25, -0.2) is 9.78 Å². The van der Waals surface area contributed by atoms with E-state index in [9.17, 15) is 4.79 Å². The highest BCUT2D eigenvalue weighted by Gasteiger charge is 2.17. The molecule has 138 valence electrons. The van der Waals surface area contributed by atoms with Crippen molar-refractivity contribution in [1.82, 2.24) is 10.3 Å². The fourth-order valence-corrected chi connectivity index (χ4v) is 3.31. The molecule has 2 unspecified atom stereocenters. The number of carbonyl (C=O) groups excluding carboxylic acids is 1. The molecule has 0 bridgehead atoms. The molecule has 1 aliphatic heterocycles. The van der Waals surface area contributed by atoms with Crippen LogP contribution in [0, 0.1) is 6.92 Å². The number of nitrogens with zero attached hydrogens (tertiary/aromatic N) is 1. The van der Waals surface area contributed by atoms with Crippen molar-refractivity contribution in [2.75, 3.05) is 11.9 Å². The van der Waals surface area contributed by atoms with E-state index in [1.54, 1.807) is 0 Å². The number of benzene rings is 1. The molecule has 5 heteroatoms. The standard InChI is InChI=1S/C21H27N3O2/c1-15(10-11-18-9-6-14-26-18)22-21(25)24-20-13-12-19(16(2)23-20)17-7-4-3-5-8-17/h3-5,7-8,12-13,15,18H,6,9-11,14H2,1-2H3,(H2,22,23,24,25). The first-order valence-corrected chi connectivity index (χ1v) is 9.34. The first-order valence-electron chi connectivity index (χ1n) is 9.34. The topological polar surface area (TPSA) is 63.2 Å². The molecule has 3 rings (SSSR count). The molecule has 0 aliphatic carbocycles. The molecular formula is C21H27N3O2. The number of amides is 2. The highest BCUT2D eigenvalue weighted by molar-refractivity contribution is 5.88. The maximum Gasteiger partial charge on any atom is 0.320 e. The molecule has 1 aromatic heterocycles. The minimum atomic E-state index is -0.218. The van der Waals surface area contributed by atoms with Crippen LogP contribution in [-0.4, -0.2) is 29.8 Å². The third kappa shape index (κ3) is 5.05. The number of urea groups is 1. The highest BCUT2D eigenvalue weighted by atomic mass is 16.5. The Balaban J connectivity index is 1.51. The van der Waals surface area contributed by atoms with Gasteiger partial charge in [-0.3, -0.25) is 5.32 Å². The van der Waals surface area contributed by atoms with Crippen molar-refractivity contribution >= 4 is 11.8 Å². The van der Waals surface area contributed by atoms with Gasteiger partial charge in [-0.2, -0.15) is 0 Å². The van der Waals surface area contributed by atoms with Gasteiger partial charge in [0.05, 0.1) is 6.10 Å². The van der Waals surface area contributed by atoms with Gasteiger partial charge < -0.3 is 10.1 Å². The minimum Gasteiger partial charge on any atom is -0.378 e. The molecule has 1 aromatic carbocycles. The molecule has 0 saturated carbocycles. The maximum atomic E-state index is 12.2. The SMILES string of the molecule is Cc1nc(NC(=O)NC(C)CCC2CCCO2)ccc1-c1ccccc1. The summed E-state index contributed by atoms with van der Waals surface area (Å²) in [7, 11) is 0. The van der Waals surface area contributed by atoms with Gasteiger partial charge in [0.25, 0.3) is 0 Å². The third-order valence-electron chi connectivity index (χ3n) is 4.74. The van der Waals surface area contributed by atoms with Gasteiger partial charge in [-0.05, 0) is 57.2 Å². The van der Waals surface area contributed by atoms with Crippen LogP contribution in [0.1, 0.15) is 38.3 Å². The second kappa shape index (κ2) is 8.81. The normalized spacial score (nSPS) is 17.7. The quantitative estimate of drug-likeness (QED) is 0.802. The van der Waals surface area contributed by atoms with Crippen molar-refractivity contribution in [2.45, 2.75) is 51.7 Å². The summed E-state index contributed by atoms with van der Waals surface area (Å²) in [5, 5.41) is 5.80. The summed E-state index contributed by atoms with van der Waals surface area (Å²) in [6.45, 7) is 4.85. The van der Waals surface area contributed by atoms with Crippen molar-refractivity contribution in [3.05, 3.63) is 48.2 Å². The lowest BCUT2D eigenvalue weighted by Crippen LogP contribution is -2.36. The Kier molecular flexibility index (Phi) is 6.23. The second-order valence-electron chi connectivity index (χ2n) is 6.91. The van der Waals surface area contributed by atoms with Crippen LogP contribution < -0.4 is 10.6 Å². The van der Waals surface area contributed by atoms with Crippen molar-refractivity contribution < 1.29 is 9.53 Å². The van der Waals surface area contributed by atoms with E-state index in [0.717, 1.165) is 49.1 Å². The molecule has 2 aromatic rings. The summed E-state index contributed by atoms with van der Waals surface area (Å²) in [6.07, 6.45) is 4.55. The Morgan fingerprint density at radius 1 is 1.27 bits per heavy atom. The van der Waals surface area contributed by atoms with E-state index in [1.807, 2.05) is 44.2 Å². The zero-order chi connectivity index (χ0) is 18.4. The summed E-state index contributed by atoms with van der Waals surface area (Å²) in [5.41, 5.74) is 3.08. The number of nitrogens with one attached hydrogen (secondary N) is 2. The largest absolute Gasteiger partial charge is 0.378 e. The Labute approximate surface area is 155 Å². The average Bonchev–Trinajstić information content (AvgIpc) is 3.14. The summed E-state index contributed by atoms with van der Waals surface area (Å²) >= 11 is 0. The Morgan fingerprint density at radius 2 is 2.08 bits per heavy atom. The van der Waals surface area contributed by atoms with Gasteiger partial charge in [0.1, 0.15) is 5.82 Å². The van der Waals surface area contributed by atoms with Gasteiger partial charge in [-0.1, -0.05) is 30.3 Å². The maximum absolute atomic E-state index is 12.2. The Bertz CT molecular complexity index is 727. The van der Waals surface area contributed by atoms with Gasteiger partial charge >= 0.3 is 6.03 Å². The Morgan fingerprint density at radius 3 is 2.77 bits per heavy atom. The number of ether oxygens (including phenoxy) is 1. The van der Waals surface area contributed by atoms with E-state index in [-0.39, 0.29) is 12.1 Å². The van der Waals surface area contributed by atoms with Gasteiger partial charge in [0.15, 0.2) is 0 Å². The molecule has 0 radical (unpaired) electrons. The van der Waals surface area contributed by atoms with E-state index >= 15 is 0 Å². The molecule has 2 heterocycles. The number of carbonyl (C=O) groups is 1. The van der Waals surface area contributed by atoms with Crippen LogP contribution in [0.25, 0.3) is 11.1 Å². The average molecular weight is 353 g/mol. The third-order valence-corrected chi connectivity index (χ3v) is 4.74. The number of hydrogen-bond acceptors (Lipinski definition) is 3. The van der Waals surface area contributed by atoms with E-state index in [0.29, 0.717) is 11.9 Å². The Hall–Kier alpha value is -2.40. The molecule has 26 heavy (non-hydrogen) atoms. The highest BCUT2D eigenvalue weighted by Crippen LogP contribution is 2.23. The number of aryl methyl sites for hydroxylation is 1. The van der Waals surface area contributed by atoms with Gasteiger partial charge in [-0.15, -0.1) is 0 Å². The minimum absolute atomic E-state index is 0.101. The lowest BCUT2D eigenvalue weighted by atomic mass is 10.0. The molecule has 2 amide bonds. The molecule has 1 aliphatic rings. The van der Waals surface area contributed by atoms with E-state index in [2.05, 4.69) is 27.8 Å². The molecule has 1 fully saturated rings. The van der Waals surface area contributed by atoms with Crippen LogP contribution in [0.4, 0.5) is 10.6 Å². The van der Waals surface area contributed by atoms with Crippen molar-refractivity contribution in [3.63, 3.8) is 0 Å². The lowest BCUT2D eigenvalue weighted by molar-refractivity contribution is 0.100. The lowest BCUT2D eigenvalue weighted by Gasteiger charge is -2.17. The monoisotopic (exact) mass is 353 g/mol. The predicted octanol–water partition coefficient (Wildman–Crippen LogP) is 4.53. The van der Waals surface area contributed by atoms with Crippen LogP contribution in [0.3, 0.4) is 0 Å². The van der Waals surface area contributed by atoms with Crippen molar-refractivity contribution in [2.24, 2.45) is 0 Å². The first kappa shape index (κ1) is 18.4. The van der Waals surface area contributed by atoms with Crippen LogP contribution >= 0.6 is 0 Å². The fourth-order valence-electron chi connectivity index (χ4n) is 3.31. The van der Waals surface area contributed by atoms with Crippen LogP contribution in [0.5, 0.6) is 0 Å². The predicted molar refractivity (Wildman–Crippen MR) is 104 cm³/mol. The second-order valence-corrected chi connectivity index (χ2v) is 6.91. The van der Waals surface area contributed by atoms with Crippen molar-refractivity contribution in [3.8, 4) is 11.1 Å². The summed E-state index contributed by atoms with van der Waals surface area (Å²) in [4.78, 5) is 16.7. The summed E-state index contributed by atoms with van der Waals surface area (Å²) in [5.74, 6) is 0.561. The van der Waals surface area contributed by atoms with E-state index < -0.39 is 0 Å². The number of rotatable bonds is 6. The zero-order valence-corrected chi connectivity index (χ0v) is 15.5. The number of pyridine rings is 1. The van der Waals surface area contributed by atoms with Crippen LogP contribution in [0.15, 0.2) is 42.5 Å². The first-order chi connectivity index (χ1) is 12.6. The molecule has 2 atom stereocenters. The molecule has 0 spiro atoms. The zero-order valence-electron chi connectivity index (χ0n) is 15.5. The van der Waals surface area contributed by atoms with E-state index in [4.69, 9.17) is 4.74 Å². The van der Waals surface area contributed by atoms with Crippen LogP contribution in [0.2, 0.25) is 0 Å². The molecule has 2 N–H and O–H groups in total. The number of aromatic nitrogens is 1. The van der Waals surface area contributed by atoms with Crippen molar-refractivity contribution in [1.29, 1.82) is 0 Å². The van der Waals surface area contributed by atoms with Gasteiger partial charge in [0, 0.05) is 23.9 Å². The number of hydrogen-bond donors (Lipinski definition) is 2. The number of anilines is 1. The van der Waals surface area contributed by atoms with Gasteiger partial charge in [0.2, 0.25) is 0 Å². The molecule has 5 nitrogen and oxygen atoms in total. The molecule has 1 saturated heterocycles.